The zero-order chi connectivity index (χ0) is 25.2. The number of aromatic nitrogens is 5. The maximum Gasteiger partial charge on any atom is 0.282 e. The molecular weight excluding hydrogens is 472 g/mol. The molecule has 1 spiro atoms. The van der Waals surface area contributed by atoms with Crippen LogP contribution in [0.4, 0.5) is 14.6 Å². The molecule has 2 saturated carbocycles. The number of rotatable bonds is 6. The lowest BCUT2D eigenvalue weighted by Crippen LogP contribution is -2.63. The van der Waals surface area contributed by atoms with Crippen LogP contribution in [0.2, 0.25) is 0 Å². The second-order valence-corrected chi connectivity index (χ2v) is 10.3. The molecule has 2 N–H and O–H groups in total. The summed E-state index contributed by atoms with van der Waals surface area (Å²) in [4.78, 5) is 41.6. The molecule has 2 aliphatic carbocycles. The number of hydrogen-bond donors (Lipinski definition) is 1. The van der Waals surface area contributed by atoms with Crippen LogP contribution in [0.3, 0.4) is 0 Å². The van der Waals surface area contributed by atoms with Crippen LogP contribution in [0, 0.1) is 11.3 Å². The van der Waals surface area contributed by atoms with Crippen LogP contribution in [0.1, 0.15) is 67.0 Å². The average Bonchev–Trinajstić information content (AvgIpc) is 3.42. The molecule has 1 saturated heterocycles. The smallest absolute Gasteiger partial charge is 0.282 e. The molecule has 0 bridgehead atoms. The molecule has 4 heterocycles. The Hall–Kier alpha value is -3.70. The molecule has 3 aromatic heterocycles. The number of fused-ring (bicyclic) bond motifs is 1. The number of nitrogens with zero attached hydrogens (tertiary/aromatic N) is 6. The first-order chi connectivity index (χ1) is 17.3. The van der Waals surface area contributed by atoms with Crippen molar-refractivity contribution in [2.75, 3.05) is 18.0 Å². The number of Topliss-reactive ketones (excluding diaryl/α,β-unsaturated/α-hetero) is 1. The number of halogens is 2. The third kappa shape index (κ3) is 3.58. The average molecular weight is 498 g/mol. The summed E-state index contributed by atoms with van der Waals surface area (Å²) in [6, 6.07) is 1.62. The lowest BCUT2D eigenvalue weighted by molar-refractivity contribution is -0.134. The summed E-state index contributed by atoms with van der Waals surface area (Å²) in [7, 11) is 0. The van der Waals surface area contributed by atoms with Crippen molar-refractivity contribution in [1.29, 1.82) is 0 Å². The Labute approximate surface area is 204 Å². The monoisotopic (exact) mass is 497 g/mol. The standard InChI is InChI=1S/C24H25F2N7O3/c25-21(26)20-16(9-33(30-20)14-3-1-13(10-34)2-4-14)19-18(22(27)36)23-28-17(5-6-32(23)29-19)31-11-24(12-31)7-15(35)8-24/h5-6,9-10,13-14,21H,1-4,7-8,11-12H2,(H2,27,36). The van der Waals surface area contributed by atoms with E-state index in [1.54, 1.807) is 12.3 Å². The number of amides is 1. The summed E-state index contributed by atoms with van der Waals surface area (Å²) in [6.45, 7) is 1.40. The lowest BCUT2D eigenvalue weighted by Gasteiger charge is -2.55. The molecule has 188 valence electrons. The van der Waals surface area contributed by atoms with E-state index in [0.29, 0.717) is 57.4 Å². The van der Waals surface area contributed by atoms with Gasteiger partial charge in [0.2, 0.25) is 0 Å². The van der Waals surface area contributed by atoms with Crippen molar-refractivity contribution in [3.05, 3.63) is 29.7 Å². The summed E-state index contributed by atoms with van der Waals surface area (Å²) in [6.07, 6.45) is 4.97. The van der Waals surface area contributed by atoms with E-state index in [0.717, 1.165) is 6.29 Å². The van der Waals surface area contributed by atoms with Gasteiger partial charge in [-0.3, -0.25) is 14.3 Å². The largest absolute Gasteiger partial charge is 0.365 e. The molecule has 1 amide bonds. The van der Waals surface area contributed by atoms with Gasteiger partial charge in [-0.15, -0.1) is 0 Å². The summed E-state index contributed by atoms with van der Waals surface area (Å²) >= 11 is 0. The third-order valence-electron chi connectivity index (χ3n) is 7.77. The number of nitrogens with two attached hydrogens (primary N) is 1. The fraction of sp³-hybridized carbons (Fsp3) is 0.500. The highest BCUT2D eigenvalue weighted by atomic mass is 19.3. The van der Waals surface area contributed by atoms with E-state index in [2.05, 4.69) is 15.2 Å². The number of carbonyl (C=O) groups is 3. The van der Waals surface area contributed by atoms with Gasteiger partial charge in [-0.05, 0) is 31.7 Å². The molecule has 0 radical (unpaired) electrons. The van der Waals surface area contributed by atoms with E-state index in [4.69, 9.17) is 5.73 Å². The van der Waals surface area contributed by atoms with Gasteiger partial charge in [0.05, 0.1) is 11.6 Å². The zero-order valence-electron chi connectivity index (χ0n) is 19.4. The van der Waals surface area contributed by atoms with Gasteiger partial charge in [-0.1, -0.05) is 0 Å². The van der Waals surface area contributed by atoms with Crippen LogP contribution in [-0.2, 0) is 9.59 Å². The third-order valence-corrected chi connectivity index (χ3v) is 7.77. The maximum absolute atomic E-state index is 14.0. The number of ketones is 1. The van der Waals surface area contributed by atoms with E-state index in [-0.39, 0.29) is 45.6 Å². The normalized spacial score (nSPS) is 23.2. The van der Waals surface area contributed by atoms with Gasteiger partial charge < -0.3 is 15.4 Å². The minimum Gasteiger partial charge on any atom is -0.365 e. The highest BCUT2D eigenvalue weighted by Gasteiger charge is 2.52. The number of aldehydes is 1. The van der Waals surface area contributed by atoms with Crippen molar-refractivity contribution in [2.24, 2.45) is 17.1 Å². The Bertz CT molecular complexity index is 1370. The fourth-order valence-corrected chi connectivity index (χ4v) is 5.88. The van der Waals surface area contributed by atoms with Crippen molar-refractivity contribution in [3.63, 3.8) is 0 Å². The van der Waals surface area contributed by atoms with Crippen molar-refractivity contribution in [1.82, 2.24) is 24.4 Å². The van der Waals surface area contributed by atoms with E-state index in [1.165, 1.54) is 15.4 Å². The van der Waals surface area contributed by atoms with Crippen molar-refractivity contribution in [3.8, 4) is 11.3 Å². The predicted molar refractivity (Wildman–Crippen MR) is 124 cm³/mol. The van der Waals surface area contributed by atoms with Gasteiger partial charge in [0.1, 0.15) is 34.8 Å². The predicted octanol–water partition coefficient (Wildman–Crippen LogP) is 2.73. The lowest BCUT2D eigenvalue weighted by atomic mass is 9.63. The van der Waals surface area contributed by atoms with Gasteiger partial charge in [0.25, 0.3) is 12.3 Å². The number of alkyl halides is 2. The number of hydrogen-bond acceptors (Lipinski definition) is 7. The topological polar surface area (TPSA) is 128 Å². The molecule has 6 rings (SSSR count). The van der Waals surface area contributed by atoms with Gasteiger partial charge >= 0.3 is 0 Å². The molecule has 3 aromatic rings. The summed E-state index contributed by atoms with van der Waals surface area (Å²) in [5, 5.41) is 8.56. The SMILES string of the molecule is NC(=O)c1c(-c2cn(C3CCC(C=O)CC3)nc2C(F)F)nn2ccc(N3CC4(CC(=O)C4)C3)nc12. The number of primary amides is 1. The Morgan fingerprint density at radius 1 is 1.17 bits per heavy atom. The van der Waals surface area contributed by atoms with Gasteiger partial charge in [-0.25, -0.2) is 18.3 Å². The Balaban J connectivity index is 1.37. The van der Waals surface area contributed by atoms with Gasteiger partial charge in [0, 0.05) is 49.7 Å². The molecule has 0 atom stereocenters. The van der Waals surface area contributed by atoms with Crippen LogP contribution >= 0.6 is 0 Å². The van der Waals surface area contributed by atoms with Crippen LogP contribution in [0.25, 0.3) is 16.9 Å². The summed E-state index contributed by atoms with van der Waals surface area (Å²) < 4.78 is 31.0. The number of anilines is 1. The minimum absolute atomic E-state index is 0.0138. The first-order valence-corrected chi connectivity index (χ1v) is 12.1. The molecule has 36 heavy (non-hydrogen) atoms. The second-order valence-electron chi connectivity index (χ2n) is 10.3. The van der Waals surface area contributed by atoms with E-state index in [1.807, 2.05) is 4.90 Å². The molecule has 0 aromatic carbocycles. The molecule has 10 nitrogen and oxygen atoms in total. The highest BCUT2D eigenvalue weighted by molar-refractivity contribution is 6.05. The molecule has 3 fully saturated rings. The van der Waals surface area contributed by atoms with E-state index < -0.39 is 18.0 Å². The van der Waals surface area contributed by atoms with Crippen molar-refractivity contribution >= 4 is 29.4 Å². The number of carbonyl (C=O) groups excluding carboxylic acids is 3. The van der Waals surface area contributed by atoms with Gasteiger partial charge in [-0.2, -0.15) is 10.2 Å². The molecular formula is C24H25F2N7O3. The van der Waals surface area contributed by atoms with Crippen LogP contribution < -0.4 is 10.6 Å². The van der Waals surface area contributed by atoms with E-state index in [9.17, 15) is 23.2 Å². The molecule has 0 unspecified atom stereocenters. The van der Waals surface area contributed by atoms with Gasteiger partial charge in [0.15, 0.2) is 5.65 Å². The maximum atomic E-state index is 14.0. The zero-order valence-corrected chi connectivity index (χ0v) is 19.4. The highest BCUT2D eigenvalue weighted by Crippen LogP contribution is 2.47. The van der Waals surface area contributed by atoms with Crippen molar-refractivity contribution < 1.29 is 23.2 Å². The van der Waals surface area contributed by atoms with Crippen LogP contribution in [0.15, 0.2) is 18.5 Å². The molecule has 12 heteroatoms. The summed E-state index contributed by atoms with van der Waals surface area (Å²) in [5.41, 5.74) is 5.44. The molecule has 1 aliphatic heterocycles. The Morgan fingerprint density at radius 3 is 2.50 bits per heavy atom. The quantitative estimate of drug-likeness (QED) is 0.519. The van der Waals surface area contributed by atoms with Crippen LogP contribution in [-0.4, -0.2) is 55.4 Å². The molecule has 3 aliphatic rings. The van der Waals surface area contributed by atoms with Crippen molar-refractivity contribution in [2.45, 2.75) is 51.0 Å². The van der Waals surface area contributed by atoms with E-state index >= 15 is 0 Å². The summed E-state index contributed by atoms with van der Waals surface area (Å²) in [5.74, 6) is 0.0330. The van der Waals surface area contributed by atoms with Crippen LogP contribution in [0.5, 0.6) is 0 Å². The Morgan fingerprint density at radius 2 is 1.89 bits per heavy atom. The first-order valence-electron chi connectivity index (χ1n) is 12.1. The first kappa shape index (κ1) is 22.7. The second kappa shape index (κ2) is 8.17. The minimum atomic E-state index is -2.89. The Kier molecular flexibility index (Phi) is 5.16. The fourth-order valence-electron chi connectivity index (χ4n) is 5.88.